The third-order valence-corrected chi connectivity index (χ3v) is 6.92. The summed E-state index contributed by atoms with van der Waals surface area (Å²) in [4.78, 5) is 30.0. The minimum absolute atomic E-state index is 0.0481. The number of carbonyl (C=O) groups excluding carboxylic acids is 1. The molecule has 0 saturated carbocycles. The van der Waals surface area contributed by atoms with E-state index in [1.54, 1.807) is 24.7 Å². The van der Waals surface area contributed by atoms with E-state index in [1.165, 1.54) is 6.07 Å². The first-order chi connectivity index (χ1) is 18.2. The summed E-state index contributed by atoms with van der Waals surface area (Å²) in [7, 11) is 0. The van der Waals surface area contributed by atoms with Crippen molar-refractivity contribution >= 4 is 44.9 Å². The Morgan fingerprint density at radius 2 is 1.89 bits per heavy atom. The quantitative estimate of drug-likeness (QED) is 0.229. The summed E-state index contributed by atoms with van der Waals surface area (Å²) in [6, 6.07) is 12.8. The topological polar surface area (TPSA) is 112 Å². The summed E-state index contributed by atoms with van der Waals surface area (Å²) in [6.07, 6.45) is 5.50. The molecule has 8 nitrogen and oxygen atoms in total. The van der Waals surface area contributed by atoms with Crippen molar-refractivity contribution in [3.8, 4) is 33.2 Å². The minimum atomic E-state index is -0.271. The fourth-order valence-corrected chi connectivity index (χ4v) is 5.12. The van der Waals surface area contributed by atoms with Crippen LogP contribution < -0.4 is 5.32 Å². The van der Waals surface area contributed by atoms with Crippen molar-refractivity contribution in [2.24, 2.45) is 5.41 Å². The monoisotopic (exact) mass is 525 g/mol. The zero-order valence-electron chi connectivity index (χ0n) is 21.0. The molecule has 0 radical (unpaired) electrons. The first-order valence-corrected chi connectivity index (χ1v) is 12.9. The number of pyridine rings is 2. The molecule has 0 bridgehead atoms. The van der Waals surface area contributed by atoms with Gasteiger partial charge in [-0.25, -0.2) is 4.98 Å². The fourth-order valence-electron chi connectivity index (χ4n) is 4.40. The molecule has 38 heavy (non-hydrogen) atoms. The molecule has 6 aromatic rings. The molecule has 0 spiro atoms. The molecule has 6 rings (SSSR count). The van der Waals surface area contributed by atoms with Crippen molar-refractivity contribution in [3.05, 3.63) is 66.2 Å². The molecule has 0 unspecified atom stereocenters. The van der Waals surface area contributed by atoms with Crippen molar-refractivity contribution < 1.29 is 9.18 Å². The van der Waals surface area contributed by atoms with Crippen LogP contribution in [0.1, 0.15) is 27.2 Å². The summed E-state index contributed by atoms with van der Waals surface area (Å²) in [5.74, 6) is 0.532. The second kappa shape index (κ2) is 9.14. The van der Waals surface area contributed by atoms with Crippen molar-refractivity contribution in [2.45, 2.75) is 27.2 Å². The van der Waals surface area contributed by atoms with Crippen LogP contribution in [0.5, 0.6) is 0 Å². The second-order valence-corrected chi connectivity index (χ2v) is 11.4. The van der Waals surface area contributed by atoms with Crippen LogP contribution in [0.25, 0.3) is 55.2 Å². The van der Waals surface area contributed by atoms with Gasteiger partial charge in [-0.15, -0.1) is 11.3 Å². The number of benzene rings is 1. The molecule has 1 aromatic carbocycles. The summed E-state index contributed by atoms with van der Waals surface area (Å²) in [5.41, 5.74) is 5.89. The van der Waals surface area contributed by atoms with Crippen LogP contribution in [0.15, 0.2) is 61.1 Å². The first kappa shape index (κ1) is 23.9. The summed E-state index contributed by atoms with van der Waals surface area (Å²) in [5, 5.41) is 11.2. The number of hydrogen-bond donors (Lipinski definition) is 3. The number of nitrogens with zero attached hydrogens (tertiary/aromatic N) is 4. The van der Waals surface area contributed by atoms with E-state index in [0.717, 1.165) is 38.9 Å². The summed E-state index contributed by atoms with van der Waals surface area (Å²) >= 11 is 1.03. The Balaban J connectivity index is 1.36. The van der Waals surface area contributed by atoms with Gasteiger partial charge in [-0.2, -0.15) is 9.49 Å². The highest BCUT2D eigenvalue weighted by Crippen LogP contribution is 2.34. The van der Waals surface area contributed by atoms with Gasteiger partial charge < -0.3 is 10.3 Å². The molecular weight excluding hydrogens is 501 g/mol. The van der Waals surface area contributed by atoms with E-state index >= 15 is 0 Å². The molecule has 1 amide bonds. The molecular formula is C28H24FN7OS. The van der Waals surface area contributed by atoms with E-state index in [2.05, 4.69) is 30.5 Å². The number of nitrogens with one attached hydrogen (secondary N) is 3. The summed E-state index contributed by atoms with van der Waals surface area (Å²) < 4.78 is 13.7. The van der Waals surface area contributed by atoms with Crippen molar-refractivity contribution in [2.75, 3.05) is 5.32 Å². The number of aromatic amines is 2. The number of carbonyl (C=O) groups is 1. The van der Waals surface area contributed by atoms with Gasteiger partial charge >= 0.3 is 0 Å². The lowest BCUT2D eigenvalue weighted by molar-refractivity contribution is -0.117. The summed E-state index contributed by atoms with van der Waals surface area (Å²) in [6.45, 7) is 6.08. The number of aromatic nitrogens is 6. The lowest BCUT2D eigenvalue weighted by Crippen LogP contribution is -2.19. The molecule has 5 aromatic heterocycles. The average molecular weight is 526 g/mol. The number of H-pyrrole nitrogens is 2. The van der Waals surface area contributed by atoms with Crippen molar-refractivity contribution in [1.29, 1.82) is 0 Å². The van der Waals surface area contributed by atoms with Crippen LogP contribution in [0.4, 0.5) is 10.1 Å². The highest BCUT2D eigenvalue weighted by Gasteiger charge is 2.18. The Morgan fingerprint density at radius 3 is 2.68 bits per heavy atom. The van der Waals surface area contributed by atoms with Gasteiger partial charge in [0, 0.05) is 29.8 Å². The predicted molar refractivity (Wildman–Crippen MR) is 148 cm³/mol. The van der Waals surface area contributed by atoms with E-state index in [0.29, 0.717) is 39.7 Å². The minimum Gasteiger partial charge on any atom is -0.336 e. The van der Waals surface area contributed by atoms with E-state index < -0.39 is 0 Å². The van der Waals surface area contributed by atoms with Gasteiger partial charge in [-0.05, 0) is 47.4 Å². The molecule has 3 N–H and O–H groups in total. The van der Waals surface area contributed by atoms with E-state index in [9.17, 15) is 9.18 Å². The molecule has 0 aliphatic rings. The van der Waals surface area contributed by atoms with Gasteiger partial charge in [0.1, 0.15) is 16.9 Å². The van der Waals surface area contributed by atoms with Crippen LogP contribution in [0.2, 0.25) is 0 Å². The highest BCUT2D eigenvalue weighted by atomic mass is 32.1. The van der Waals surface area contributed by atoms with Crippen molar-refractivity contribution in [1.82, 2.24) is 30.1 Å². The van der Waals surface area contributed by atoms with Crippen LogP contribution in [0.3, 0.4) is 0 Å². The van der Waals surface area contributed by atoms with Crippen LogP contribution in [0, 0.1) is 10.5 Å². The van der Waals surface area contributed by atoms with Gasteiger partial charge in [0.05, 0.1) is 27.8 Å². The SMILES string of the molecule is CC(C)(C)CC(=O)Nc1cncc(-c2ccc3[nH]nc(-c4nc5c(-c6ccc(F)s6)nccc5[nH]4)c3c2)c1. The third kappa shape index (κ3) is 4.66. The number of rotatable bonds is 5. The fraction of sp³-hybridized carbons (Fsp3) is 0.179. The Kier molecular flexibility index (Phi) is 5.76. The molecule has 0 saturated heterocycles. The van der Waals surface area contributed by atoms with E-state index in [1.807, 2.05) is 51.1 Å². The largest absolute Gasteiger partial charge is 0.336 e. The Labute approximate surface area is 221 Å². The average Bonchev–Trinajstić information content (AvgIpc) is 3.60. The predicted octanol–water partition coefficient (Wildman–Crippen LogP) is 6.81. The standard InChI is InChI=1S/C28H24FN7OS/c1-28(2,3)12-23(37)32-17-10-16(13-30-14-17)15-4-5-19-18(11-15)24(36-35-19)27-33-20-8-9-31-26(25(20)34-27)21-6-7-22(29)38-21/h4-11,13-14H,12H2,1-3H3,(H,32,37)(H,33,34)(H,35,36). The first-order valence-electron chi connectivity index (χ1n) is 12.1. The van der Waals surface area contributed by atoms with E-state index in [-0.39, 0.29) is 16.5 Å². The molecule has 10 heteroatoms. The Bertz CT molecular complexity index is 1810. The lowest BCUT2D eigenvalue weighted by atomic mass is 9.92. The number of halogens is 1. The zero-order chi connectivity index (χ0) is 26.4. The van der Waals surface area contributed by atoms with Crippen molar-refractivity contribution in [3.63, 3.8) is 0 Å². The Morgan fingerprint density at radius 1 is 1.03 bits per heavy atom. The van der Waals surface area contributed by atoms with Gasteiger partial charge in [-0.1, -0.05) is 26.8 Å². The smallest absolute Gasteiger partial charge is 0.224 e. The zero-order valence-corrected chi connectivity index (χ0v) is 21.8. The maximum absolute atomic E-state index is 13.7. The van der Waals surface area contributed by atoms with Gasteiger partial charge in [0.15, 0.2) is 11.0 Å². The number of fused-ring (bicyclic) bond motifs is 2. The Hall–Kier alpha value is -4.44. The molecule has 0 atom stereocenters. The number of amides is 1. The maximum atomic E-state index is 13.7. The highest BCUT2D eigenvalue weighted by molar-refractivity contribution is 7.13. The second-order valence-electron chi connectivity index (χ2n) is 10.3. The number of thiophene rings is 1. The van der Waals surface area contributed by atoms with Gasteiger partial charge in [-0.3, -0.25) is 19.9 Å². The van der Waals surface area contributed by atoms with Crippen LogP contribution >= 0.6 is 11.3 Å². The molecule has 0 aliphatic carbocycles. The molecule has 0 fully saturated rings. The van der Waals surface area contributed by atoms with E-state index in [4.69, 9.17) is 4.98 Å². The number of imidazole rings is 1. The molecule has 0 aliphatic heterocycles. The third-order valence-electron chi connectivity index (χ3n) is 6.04. The van der Waals surface area contributed by atoms with Gasteiger partial charge in [0.2, 0.25) is 5.91 Å². The maximum Gasteiger partial charge on any atom is 0.224 e. The molecule has 190 valence electrons. The van der Waals surface area contributed by atoms with Crippen LogP contribution in [-0.2, 0) is 4.79 Å². The normalized spacial score (nSPS) is 11.9. The number of hydrogen-bond acceptors (Lipinski definition) is 6. The molecule has 5 heterocycles. The number of anilines is 1. The van der Waals surface area contributed by atoms with Gasteiger partial charge in [0.25, 0.3) is 0 Å². The van der Waals surface area contributed by atoms with Crippen LogP contribution in [-0.4, -0.2) is 36.0 Å². The lowest BCUT2D eigenvalue weighted by Gasteiger charge is -2.17.